The lowest BCUT2D eigenvalue weighted by molar-refractivity contribution is -0.123. The molecule has 1 aliphatic carbocycles. The number of nitrogens with zero attached hydrogens (tertiary/aromatic N) is 2. The Balaban J connectivity index is 1.64. The van der Waals surface area contributed by atoms with Crippen LogP contribution in [0.3, 0.4) is 0 Å². The zero-order valence-electron chi connectivity index (χ0n) is 14.5. The van der Waals surface area contributed by atoms with Gasteiger partial charge in [0, 0.05) is 11.8 Å². The van der Waals surface area contributed by atoms with E-state index >= 15 is 0 Å². The molecular formula is C18H22FN5O2. The summed E-state index contributed by atoms with van der Waals surface area (Å²) in [5.74, 6) is -0.815. The van der Waals surface area contributed by atoms with Crippen LogP contribution in [-0.2, 0) is 4.79 Å². The van der Waals surface area contributed by atoms with Gasteiger partial charge in [0.1, 0.15) is 11.4 Å². The number of nitrogens with one attached hydrogen (secondary N) is 2. The third-order valence-electron chi connectivity index (χ3n) is 4.82. The second-order valence-electron chi connectivity index (χ2n) is 6.67. The monoisotopic (exact) mass is 359 g/mol. The SMILES string of the molecule is CC(NC(=O)NC1(C(N)=O)CCCC1)c1cnn(-c2ccc(F)cc2)c1. The number of urea groups is 1. The molecule has 1 aromatic heterocycles. The maximum Gasteiger partial charge on any atom is 0.316 e. The smallest absolute Gasteiger partial charge is 0.316 e. The Hall–Kier alpha value is -2.90. The van der Waals surface area contributed by atoms with E-state index in [1.807, 2.05) is 6.92 Å². The number of rotatable bonds is 5. The molecule has 2 aromatic rings. The van der Waals surface area contributed by atoms with Crippen LogP contribution in [0.1, 0.15) is 44.2 Å². The summed E-state index contributed by atoms with van der Waals surface area (Å²) in [4.78, 5) is 24.0. The lowest BCUT2D eigenvalue weighted by Gasteiger charge is -2.27. The van der Waals surface area contributed by atoms with E-state index in [0.717, 1.165) is 18.4 Å². The van der Waals surface area contributed by atoms with Gasteiger partial charge < -0.3 is 16.4 Å². The summed E-state index contributed by atoms with van der Waals surface area (Å²) in [6, 6.07) is 5.19. The normalized spacial score (nSPS) is 16.8. The van der Waals surface area contributed by atoms with Gasteiger partial charge in [-0.1, -0.05) is 12.8 Å². The van der Waals surface area contributed by atoms with E-state index < -0.39 is 17.5 Å². The average molecular weight is 359 g/mol. The van der Waals surface area contributed by atoms with E-state index in [2.05, 4.69) is 15.7 Å². The number of carbonyl (C=O) groups excluding carboxylic acids is 2. The standard InChI is InChI=1S/C18H22FN5O2/c1-12(22-17(26)23-18(16(20)25)8-2-3-9-18)13-10-21-24(11-13)15-6-4-14(19)5-7-15/h4-7,10-12H,2-3,8-9H2,1H3,(H2,20,25)(H2,22,23,26). The third-order valence-corrected chi connectivity index (χ3v) is 4.82. The Morgan fingerprint density at radius 1 is 1.27 bits per heavy atom. The van der Waals surface area contributed by atoms with Crippen molar-refractivity contribution in [3.8, 4) is 5.69 Å². The van der Waals surface area contributed by atoms with Crippen LogP contribution in [0.25, 0.3) is 5.69 Å². The molecule has 1 atom stereocenters. The molecule has 8 heteroatoms. The maximum absolute atomic E-state index is 13.0. The predicted octanol–water partition coefficient (Wildman–Crippen LogP) is 2.17. The van der Waals surface area contributed by atoms with Gasteiger partial charge in [-0.05, 0) is 44.0 Å². The number of halogens is 1. The van der Waals surface area contributed by atoms with Crippen molar-refractivity contribution in [1.29, 1.82) is 0 Å². The highest BCUT2D eigenvalue weighted by molar-refractivity contribution is 5.90. The largest absolute Gasteiger partial charge is 0.368 e. The molecule has 1 aliphatic rings. The van der Waals surface area contributed by atoms with Crippen LogP contribution in [0.5, 0.6) is 0 Å². The van der Waals surface area contributed by atoms with Crippen molar-refractivity contribution in [2.45, 2.75) is 44.2 Å². The Labute approximate surface area is 150 Å². The number of primary amides is 1. The Bertz CT molecular complexity index is 796. The molecular weight excluding hydrogens is 337 g/mol. The van der Waals surface area contributed by atoms with Gasteiger partial charge in [-0.3, -0.25) is 4.79 Å². The first kappa shape index (κ1) is 17.9. The number of benzene rings is 1. The van der Waals surface area contributed by atoms with Gasteiger partial charge in [0.15, 0.2) is 0 Å². The Morgan fingerprint density at radius 3 is 2.54 bits per heavy atom. The number of nitrogens with two attached hydrogens (primary N) is 1. The van der Waals surface area contributed by atoms with Crippen molar-refractivity contribution in [2.24, 2.45) is 5.73 Å². The second kappa shape index (κ2) is 7.15. The molecule has 3 rings (SSSR count). The van der Waals surface area contributed by atoms with E-state index in [4.69, 9.17) is 5.73 Å². The van der Waals surface area contributed by atoms with E-state index in [9.17, 15) is 14.0 Å². The minimum absolute atomic E-state index is 0.317. The predicted molar refractivity (Wildman–Crippen MR) is 94.0 cm³/mol. The second-order valence-corrected chi connectivity index (χ2v) is 6.67. The molecule has 26 heavy (non-hydrogen) atoms. The molecule has 1 saturated carbocycles. The zero-order chi connectivity index (χ0) is 18.7. The minimum Gasteiger partial charge on any atom is -0.368 e. The summed E-state index contributed by atoms with van der Waals surface area (Å²) in [6.45, 7) is 1.82. The summed E-state index contributed by atoms with van der Waals surface area (Å²) < 4.78 is 14.6. The first-order valence-corrected chi connectivity index (χ1v) is 8.59. The molecule has 138 valence electrons. The average Bonchev–Trinajstić information content (AvgIpc) is 3.25. The first-order valence-electron chi connectivity index (χ1n) is 8.59. The van der Waals surface area contributed by atoms with Gasteiger partial charge in [-0.2, -0.15) is 5.10 Å². The van der Waals surface area contributed by atoms with Crippen LogP contribution in [-0.4, -0.2) is 27.3 Å². The molecule has 0 aliphatic heterocycles. The van der Waals surface area contributed by atoms with Gasteiger partial charge in [-0.15, -0.1) is 0 Å². The molecule has 0 bridgehead atoms. The van der Waals surface area contributed by atoms with E-state index in [1.165, 1.54) is 12.1 Å². The molecule has 7 nitrogen and oxygen atoms in total. The van der Waals surface area contributed by atoms with E-state index in [-0.39, 0.29) is 11.9 Å². The van der Waals surface area contributed by atoms with E-state index in [1.54, 1.807) is 29.2 Å². The fourth-order valence-corrected chi connectivity index (χ4v) is 3.24. The van der Waals surface area contributed by atoms with Crippen molar-refractivity contribution in [1.82, 2.24) is 20.4 Å². The van der Waals surface area contributed by atoms with Crippen molar-refractivity contribution < 1.29 is 14.0 Å². The van der Waals surface area contributed by atoms with Crippen LogP contribution >= 0.6 is 0 Å². The molecule has 0 spiro atoms. The summed E-state index contributed by atoms with van der Waals surface area (Å²) in [5, 5.41) is 9.79. The lowest BCUT2D eigenvalue weighted by atomic mass is 9.97. The van der Waals surface area contributed by atoms with Crippen molar-refractivity contribution in [2.75, 3.05) is 0 Å². The minimum atomic E-state index is -0.956. The van der Waals surface area contributed by atoms with Gasteiger partial charge in [0.2, 0.25) is 5.91 Å². The molecule has 1 aromatic carbocycles. The van der Waals surface area contributed by atoms with Crippen LogP contribution in [0, 0.1) is 5.82 Å². The first-order chi connectivity index (χ1) is 12.4. The summed E-state index contributed by atoms with van der Waals surface area (Å²) >= 11 is 0. The maximum atomic E-state index is 13.0. The Morgan fingerprint density at radius 2 is 1.92 bits per heavy atom. The van der Waals surface area contributed by atoms with Gasteiger partial charge in [-0.25, -0.2) is 13.9 Å². The quantitative estimate of drug-likeness (QED) is 0.762. The Kier molecular flexibility index (Phi) is 4.92. The fraction of sp³-hybridized carbons (Fsp3) is 0.389. The van der Waals surface area contributed by atoms with Crippen molar-refractivity contribution >= 4 is 11.9 Å². The van der Waals surface area contributed by atoms with Crippen LogP contribution in [0.15, 0.2) is 36.7 Å². The molecule has 4 N–H and O–H groups in total. The molecule has 0 saturated heterocycles. The lowest BCUT2D eigenvalue weighted by Crippen LogP contribution is -2.58. The topological polar surface area (TPSA) is 102 Å². The molecule has 0 radical (unpaired) electrons. The van der Waals surface area contributed by atoms with E-state index in [0.29, 0.717) is 18.5 Å². The molecule has 1 unspecified atom stereocenters. The number of hydrogen-bond acceptors (Lipinski definition) is 3. The van der Waals surface area contributed by atoms with Gasteiger partial charge >= 0.3 is 6.03 Å². The summed E-state index contributed by atoms with van der Waals surface area (Å²) in [7, 11) is 0. The highest BCUT2D eigenvalue weighted by Crippen LogP contribution is 2.29. The van der Waals surface area contributed by atoms with Crippen molar-refractivity contribution in [3.05, 3.63) is 48.0 Å². The molecule has 3 amide bonds. The highest BCUT2D eigenvalue weighted by atomic mass is 19.1. The fourth-order valence-electron chi connectivity index (χ4n) is 3.24. The third kappa shape index (κ3) is 3.68. The summed E-state index contributed by atoms with van der Waals surface area (Å²) in [6.07, 6.45) is 6.25. The highest BCUT2D eigenvalue weighted by Gasteiger charge is 2.41. The molecule has 1 fully saturated rings. The van der Waals surface area contributed by atoms with Crippen LogP contribution in [0.2, 0.25) is 0 Å². The van der Waals surface area contributed by atoms with Gasteiger partial charge in [0.25, 0.3) is 0 Å². The van der Waals surface area contributed by atoms with Crippen molar-refractivity contribution in [3.63, 3.8) is 0 Å². The number of hydrogen-bond donors (Lipinski definition) is 3. The molecule has 1 heterocycles. The van der Waals surface area contributed by atoms with Crippen LogP contribution in [0.4, 0.5) is 9.18 Å². The number of aromatic nitrogens is 2. The summed E-state index contributed by atoms with van der Waals surface area (Å²) in [5.41, 5.74) is 6.02. The number of carbonyl (C=O) groups is 2. The van der Waals surface area contributed by atoms with Crippen LogP contribution < -0.4 is 16.4 Å². The number of amides is 3. The van der Waals surface area contributed by atoms with Gasteiger partial charge in [0.05, 0.1) is 17.9 Å². The zero-order valence-corrected chi connectivity index (χ0v) is 14.5.